The summed E-state index contributed by atoms with van der Waals surface area (Å²) >= 11 is 6.05. The van der Waals surface area contributed by atoms with E-state index in [1.807, 2.05) is 0 Å². The van der Waals surface area contributed by atoms with E-state index in [2.05, 4.69) is 6.92 Å². The Morgan fingerprint density at radius 2 is 2.29 bits per heavy atom. The Morgan fingerprint density at radius 3 is 2.94 bits per heavy atom. The van der Waals surface area contributed by atoms with Gasteiger partial charge in [-0.15, -0.1) is 0 Å². The maximum Gasteiger partial charge on any atom is 0.127 e. The molecule has 1 aromatic rings. The largest absolute Gasteiger partial charge is 0.325 e. The average Bonchev–Trinajstić information content (AvgIpc) is 2.23. The van der Waals surface area contributed by atoms with E-state index in [9.17, 15) is 4.39 Å². The Kier molecular flexibility index (Phi) is 3.74. The monoisotopic (exact) mass is 255 g/mol. The fourth-order valence-electron chi connectivity index (χ4n) is 2.91. The third kappa shape index (κ3) is 2.99. The lowest BCUT2D eigenvalue weighted by Crippen LogP contribution is -2.46. The Bertz CT molecular complexity index is 387. The zero-order chi connectivity index (χ0) is 12.5. The maximum absolute atomic E-state index is 13.7. The molecule has 2 unspecified atom stereocenters. The van der Waals surface area contributed by atoms with Gasteiger partial charge in [0.1, 0.15) is 5.82 Å². The molecular weight excluding hydrogens is 237 g/mol. The molecule has 0 aromatic heterocycles. The van der Waals surface area contributed by atoms with Gasteiger partial charge in [-0.2, -0.15) is 0 Å². The predicted octanol–water partition coefficient (Wildman–Crippen LogP) is 3.93. The summed E-state index contributed by atoms with van der Waals surface area (Å²) in [4.78, 5) is 0. The summed E-state index contributed by atoms with van der Waals surface area (Å²) in [6.07, 6.45) is 4.82. The minimum Gasteiger partial charge on any atom is -0.325 e. The molecule has 17 heavy (non-hydrogen) atoms. The quantitative estimate of drug-likeness (QED) is 0.851. The first kappa shape index (κ1) is 12.8. The second-order valence-corrected chi connectivity index (χ2v) is 5.85. The molecule has 3 heteroatoms. The molecule has 1 aromatic carbocycles. The van der Waals surface area contributed by atoms with Gasteiger partial charge in [0.25, 0.3) is 0 Å². The first-order valence-electron chi connectivity index (χ1n) is 6.22. The molecule has 2 atom stereocenters. The summed E-state index contributed by atoms with van der Waals surface area (Å²) in [5, 5.41) is 0.494. The summed E-state index contributed by atoms with van der Waals surface area (Å²) in [6, 6.07) is 4.82. The number of hydrogen-bond donors (Lipinski definition) is 1. The molecule has 0 saturated heterocycles. The van der Waals surface area contributed by atoms with E-state index in [1.165, 1.54) is 12.5 Å². The summed E-state index contributed by atoms with van der Waals surface area (Å²) in [5.74, 6) is 0.389. The standard InChI is InChI=1S/C14H19ClFN/c1-10-4-3-7-14(17,8-10)9-11-12(15)5-2-6-13(11)16/h2,5-6,10H,3-4,7-9,17H2,1H3. The average molecular weight is 256 g/mol. The third-order valence-corrected chi connectivity index (χ3v) is 4.07. The van der Waals surface area contributed by atoms with Crippen LogP contribution in [0, 0.1) is 11.7 Å². The molecule has 0 bridgehead atoms. The molecule has 1 aliphatic carbocycles. The Labute approximate surface area is 107 Å². The van der Waals surface area contributed by atoms with Crippen molar-refractivity contribution in [1.82, 2.24) is 0 Å². The maximum atomic E-state index is 13.7. The molecule has 0 heterocycles. The van der Waals surface area contributed by atoms with Crippen molar-refractivity contribution in [3.05, 3.63) is 34.6 Å². The van der Waals surface area contributed by atoms with Crippen molar-refractivity contribution >= 4 is 11.6 Å². The van der Waals surface area contributed by atoms with Crippen molar-refractivity contribution in [2.24, 2.45) is 11.7 Å². The summed E-state index contributed by atoms with van der Waals surface area (Å²) in [5.41, 5.74) is 6.68. The molecule has 2 rings (SSSR count). The van der Waals surface area contributed by atoms with Gasteiger partial charge in [-0.1, -0.05) is 37.4 Å². The van der Waals surface area contributed by atoms with Crippen LogP contribution in [0.1, 0.15) is 38.2 Å². The zero-order valence-electron chi connectivity index (χ0n) is 10.2. The zero-order valence-corrected chi connectivity index (χ0v) is 10.9. The second kappa shape index (κ2) is 4.95. The van der Waals surface area contributed by atoms with Crippen LogP contribution in [-0.4, -0.2) is 5.54 Å². The smallest absolute Gasteiger partial charge is 0.127 e. The van der Waals surface area contributed by atoms with E-state index in [1.54, 1.807) is 12.1 Å². The molecule has 1 fully saturated rings. The highest BCUT2D eigenvalue weighted by Gasteiger charge is 2.32. The van der Waals surface area contributed by atoms with E-state index in [4.69, 9.17) is 17.3 Å². The van der Waals surface area contributed by atoms with Gasteiger partial charge in [0.15, 0.2) is 0 Å². The van der Waals surface area contributed by atoms with Crippen LogP contribution >= 0.6 is 11.6 Å². The van der Waals surface area contributed by atoms with Gasteiger partial charge < -0.3 is 5.73 Å². The van der Waals surface area contributed by atoms with E-state index in [0.29, 0.717) is 22.9 Å². The minimum absolute atomic E-state index is 0.236. The van der Waals surface area contributed by atoms with Gasteiger partial charge in [0.2, 0.25) is 0 Å². The number of rotatable bonds is 2. The number of halogens is 2. The highest BCUT2D eigenvalue weighted by Crippen LogP contribution is 2.34. The number of benzene rings is 1. The van der Waals surface area contributed by atoms with Crippen LogP contribution in [0.2, 0.25) is 5.02 Å². The molecule has 1 aliphatic rings. The minimum atomic E-state index is -0.288. The van der Waals surface area contributed by atoms with Crippen molar-refractivity contribution < 1.29 is 4.39 Å². The fourth-order valence-corrected chi connectivity index (χ4v) is 3.14. The van der Waals surface area contributed by atoms with Crippen LogP contribution in [0.4, 0.5) is 4.39 Å². The Balaban J connectivity index is 2.19. The Hall–Kier alpha value is -0.600. The van der Waals surface area contributed by atoms with Crippen molar-refractivity contribution in [2.75, 3.05) is 0 Å². The van der Waals surface area contributed by atoms with E-state index >= 15 is 0 Å². The molecule has 2 N–H and O–H groups in total. The lowest BCUT2D eigenvalue weighted by molar-refractivity contribution is 0.233. The van der Waals surface area contributed by atoms with E-state index < -0.39 is 0 Å². The van der Waals surface area contributed by atoms with Crippen LogP contribution in [0.3, 0.4) is 0 Å². The van der Waals surface area contributed by atoms with Gasteiger partial charge in [-0.25, -0.2) is 4.39 Å². The fraction of sp³-hybridized carbons (Fsp3) is 0.571. The Morgan fingerprint density at radius 1 is 1.53 bits per heavy atom. The van der Waals surface area contributed by atoms with Crippen molar-refractivity contribution in [3.8, 4) is 0 Å². The molecule has 0 radical (unpaired) electrons. The lowest BCUT2D eigenvalue weighted by Gasteiger charge is -2.37. The number of hydrogen-bond acceptors (Lipinski definition) is 1. The van der Waals surface area contributed by atoms with Crippen LogP contribution in [0.5, 0.6) is 0 Å². The second-order valence-electron chi connectivity index (χ2n) is 5.44. The first-order valence-corrected chi connectivity index (χ1v) is 6.60. The predicted molar refractivity (Wildman–Crippen MR) is 69.7 cm³/mol. The van der Waals surface area contributed by atoms with Gasteiger partial charge in [0, 0.05) is 16.1 Å². The molecule has 1 nitrogen and oxygen atoms in total. The van der Waals surface area contributed by atoms with Crippen LogP contribution < -0.4 is 5.73 Å². The van der Waals surface area contributed by atoms with Crippen molar-refractivity contribution in [1.29, 1.82) is 0 Å². The van der Waals surface area contributed by atoms with Crippen molar-refractivity contribution in [2.45, 2.75) is 44.6 Å². The molecular formula is C14H19ClFN. The van der Waals surface area contributed by atoms with E-state index in [0.717, 1.165) is 19.3 Å². The van der Waals surface area contributed by atoms with Crippen LogP contribution in [0.25, 0.3) is 0 Å². The highest BCUT2D eigenvalue weighted by molar-refractivity contribution is 6.31. The van der Waals surface area contributed by atoms with Crippen LogP contribution in [-0.2, 0) is 6.42 Å². The van der Waals surface area contributed by atoms with E-state index in [-0.39, 0.29) is 11.4 Å². The van der Waals surface area contributed by atoms with Gasteiger partial charge in [-0.05, 0) is 37.3 Å². The summed E-state index contributed by atoms with van der Waals surface area (Å²) in [6.45, 7) is 2.21. The van der Waals surface area contributed by atoms with Gasteiger partial charge in [0.05, 0.1) is 0 Å². The van der Waals surface area contributed by atoms with Gasteiger partial charge >= 0.3 is 0 Å². The highest BCUT2D eigenvalue weighted by atomic mass is 35.5. The summed E-state index contributed by atoms with van der Waals surface area (Å²) < 4.78 is 13.7. The lowest BCUT2D eigenvalue weighted by atomic mass is 9.74. The molecule has 0 spiro atoms. The molecule has 0 amide bonds. The van der Waals surface area contributed by atoms with Crippen molar-refractivity contribution in [3.63, 3.8) is 0 Å². The third-order valence-electron chi connectivity index (χ3n) is 3.72. The number of nitrogens with two attached hydrogens (primary N) is 1. The summed E-state index contributed by atoms with van der Waals surface area (Å²) in [7, 11) is 0. The molecule has 0 aliphatic heterocycles. The normalized spacial score (nSPS) is 29.3. The first-order chi connectivity index (χ1) is 8.00. The molecule has 94 valence electrons. The SMILES string of the molecule is CC1CCCC(N)(Cc2c(F)cccc2Cl)C1. The van der Waals surface area contributed by atoms with Crippen LogP contribution in [0.15, 0.2) is 18.2 Å². The molecule has 1 saturated carbocycles. The van der Waals surface area contributed by atoms with Gasteiger partial charge in [-0.3, -0.25) is 0 Å². The topological polar surface area (TPSA) is 26.0 Å².